The number of imidazole rings is 1. The molecule has 4 heteroatoms. The number of aromatic nitrogens is 2. The van der Waals surface area contributed by atoms with Crippen molar-refractivity contribution in [1.82, 2.24) is 9.55 Å². The minimum Gasteiger partial charge on any atom is -0.491 e. The van der Waals surface area contributed by atoms with Gasteiger partial charge in [-0.05, 0) is 61.1 Å². The van der Waals surface area contributed by atoms with Crippen molar-refractivity contribution < 1.29 is 9.84 Å². The van der Waals surface area contributed by atoms with Gasteiger partial charge in [-0.2, -0.15) is 0 Å². The number of aryl methyl sites for hydroxylation is 2. The smallest absolute Gasteiger partial charge is 0.119 e. The fourth-order valence-corrected chi connectivity index (χ4v) is 3.94. The lowest BCUT2D eigenvalue weighted by Gasteiger charge is -2.18. The second kappa shape index (κ2) is 7.73. The Balaban J connectivity index is 1.48. The van der Waals surface area contributed by atoms with Gasteiger partial charge in [-0.3, -0.25) is 0 Å². The highest BCUT2D eigenvalue weighted by molar-refractivity contribution is 5.76. The quantitative estimate of drug-likeness (QED) is 0.672. The highest BCUT2D eigenvalue weighted by Crippen LogP contribution is 2.27. The Bertz CT molecular complexity index is 931. The molecule has 0 saturated carbocycles. The summed E-state index contributed by atoms with van der Waals surface area (Å²) in [6.45, 7) is 5.13. The van der Waals surface area contributed by atoms with Crippen LogP contribution >= 0.6 is 0 Å². The van der Waals surface area contributed by atoms with E-state index in [0.717, 1.165) is 35.4 Å². The molecule has 0 bridgehead atoms. The summed E-state index contributed by atoms with van der Waals surface area (Å²) in [4.78, 5) is 4.81. The number of hydrogen-bond acceptors (Lipinski definition) is 3. The zero-order valence-corrected chi connectivity index (χ0v) is 16.2. The molecule has 0 radical (unpaired) electrons. The lowest BCUT2D eigenvalue weighted by atomic mass is 10.1. The summed E-state index contributed by atoms with van der Waals surface area (Å²) in [5.41, 5.74) is 4.89. The Morgan fingerprint density at radius 1 is 1.15 bits per heavy atom. The minimum atomic E-state index is -0.585. The maximum atomic E-state index is 10.6. The number of rotatable bonds is 7. The molecule has 0 fully saturated rings. The van der Waals surface area contributed by atoms with Gasteiger partial charge in [0, 0.05) is 5.92 Å². The van der Waals surface area contributed by atoms with E-state index in [9.17, 15) is 5.11 Å². The number of aliphatic hydroxyl groups excluding tert-OH is 1. The van der Waals surface area contributed by atoms with Crippen LogP contribution in [-0.2, 0) is 19.4 Å². The average Bonchev–Trinajstić information content (AvgIpc) is 3.30. The van der Waals surface area contributed by atoms with E-state index in [-0.39, 0.29) is 6.61 Å². The van der Waals surface area contributed by atoms with Gasteiger partial charge < -0.3 is 14.4 Å². The predicted octanol–water partition coefficient (Wildman–Crippen LogP) is 4.48. The first-order chi connectivity index (χ1) is 13.2. The van der Waals surface area contributed by atoms with Crippen LogP contribution in [0.1, 0.15) is 49.6 Å². The van der Waals surface area contributed by atoms with E-state index in [2.05, 4.69) is 36.6 Å². The van der Waals surface area contributed by atoms with E-state index in [1.807, 2.05) is 24.3 Å². The SMILES string of the molecule is CCC(C)c1nc2ccccc2n1CC(O)COc1ccc2c(c1)CCC2. The van der Waals surface area contributed by atoms with Gasteiger partial charge in [0.05, 0.1) is 17.6 Å². The minimum absolute atomic E-state index is 0.283. The molecule has 0 aliphatic heterocycles. The zero-order chi connectivity index (χ0) is 18.8. The summed E-state index contributed by atoms with van der Waals surface area (Å²) >= 11 is 0. The van der Waals surface area contributed by atoms with Gasteiger partial charge in [0.2, 0.25) is 0 Å². The third-order valence-electron chi connectivity index (χ3n) is 5.64. The molecule has 142 valence electrons. The molecule has 0 spiro atoms. The van der Waals surface area contributed by atoms with Crippen LogP contribution in [0.2, 0.25) is 0 Å². The molecular formula is C23H28N2O2. The largest absolute Gasteiger partial charge is 0.491 e. The molecule has 1 aliphatic rings. The van der Waals surface area contributed by atoms with Gasteiger partial charge in [0.1, 0.15) is 24.3 Å². The average molecular weight is 364 g/mol. The van der Waals surface area contributed by atoms with Gasteiger partial charge in [-0.1, -0.05) is 32.0 Å². The molecule has 1 aliphatic carbocycles. The van der Waals surface area contributed by atoms with Crippen molar-refractivity contribution in [3.05, 3.63) is 59.4 Å². The van der Waals surface area contributed by atoms with Gasteiger partial charge in [-0.15, -0.1) is 0 Å². The van der Waals surface area contributed by atoms with Gasteiger partial charge in [0.25, 0.3) is 0 Å². The molecule has 4 rings (SSSR count). The molecule has 0 saturated heterocycles. The summed E-state index contributed by atoms with van der Waals surface area (Å²) in [6, 6.07) is 14.4. The highest BCUT2D eigenvalue weighted by Gasteiger charge is 2.18. The van der Waals surface area contributed by atoms with Crippen LogP contribution in [0.15, 0.2) is 42.5 Å². The van der Waals surface area contributed by atoms with E-state index in [1.54, 1.807) is 0 Å². The van der Waals surface area contributed by atoms with Crippen molar-refractivity contribution in [3.8, 4) is 5.75 Å². The van der Waals surface area contributed by atoms with E-state index in [4.69, 9.17) is 9.72 Å². The van der Waals surface area contributed by atoms with Crippen LogP contribution < -0.4 is 4.74 Å². The lowest BCUT2D eigenvalue weighted by Crippen LogP contribution is -2.25. The van der Waals surface area contributed by atoms with Crippen molar-refractivity contribution in [3.63, 3.8) is 0 Å². The number of ether oxygens (including phenoxy) is 1. The maximum absolute atomic E-state index is 10.6. The molecule has 2 unspecified atom stereocenters. The summed E-state index contributed by atoms with van der Waals surface area (Å²) in [6.07, 6.45) is 3.97. The fraction of sp³-hybridized carbons (Fsp3) is 0.435. The van der Waals surface area contributed by atoms with Crippen molar-refractivity contribution >= 4 is 11.0 Å². The first-order valence-electron chi connectivity index (χ1n) is 10.0. The molecule has 1 heterocycles. The molecule has 2 aromatic carbocycles. The van der Waals surface area contributed by atoms with E-state index >= 15 is 0 Å². The Labute approximate surface area is 160 Å². The van der Waals surface area contributed by atoms with Crippen LogP contribution in [-0.4, -0.2) is 27.4 Å². The van der Waals surface area contributed by atoms with Crippen LogP contribution in [0.3, 0.4) is 0 Å². The molecule has 1 N–H and O–H groups in total. The summed E-state index contributed by atoms with van der Waals surface area (Å²) in [5.74, 6) is 2.24. The second-order valence-electron chi connectivity index (χ2n) is 7.63. The Hall–Kier alpha value is -2.33. The lowest BCUT2D eigenvalue weighted by molar-refractivity contribution is 0.0924. The van der Waals surface area contributed by atoms with Crippen molar-refractivity contribution in [2.45, 2.75) is 58.1 Å². The van der Waals surface area contributed by atoms with Crippen LogP contribution in [0.4, 0.5) is 0 Å². The van der Waals surface area contributed by atoms with Crippen molar-refractivity contribution in [1.29, 1.82) is 0 Å². The van der Waals surface area contributed by atoms with Crippen LogP contribution in [0, 0.1) is 0 Å². The monoisotopic (exact) mass is 364 g/mol. The Morgan fingerprint density at radius 2 is 1.96 bits per heavy atom. The Morgan fingerprint density at radius 3 is 2.81 bits per heavy atom. The van der Waals surface area contributed by atoms with Gasteiger partial charge in [0.15, 0.2) is 0 Å². The summed E-state index contributed by atoms with van der Waals surface area (Å²) in [7, 11) is 0. The fourth-order valence-electron chi connectivity index (χ4n) is 3.94. The van der Waals surface area contributed by atoms with E-state index in [1.165, 1.54) is 24.0 Å². The number of benzene rings is 2. The summed E-state index contributed by atoms with van der Waals surface area (Å²) in [5, 5.41) is 10.6. The number of fused-ring (bicyclic) bond motifs is 2. The van der Waals surface area contributed by atoms with Gasteiger partial charge in [-0.25, -0.2) is 4.98 Å². The number of hydrogen-bond donors (Lipinski definition) is 1. The molecular weight excluding hydrogens is 336 g/mol. The van der Waals surface area contributed by atoms with Crippen LogP contribution in [0.25, 0.3) is 11.0 Å². The third kappa shape index (κ3) is 3.72. The van der Waals surface area contributed by atoms with Crippen molar-refractivity contribution in [2.75, 3.05) is 6.61 Å². The number of aliphatic hydroxyl groups is 1. The third-order valence-corrected chi connectivity index (χ3v) is 5.64. The molecule has 1 aromatic heterocycles. The Kier molecular flexibility index (Phi) is 5.17. The van der Waals surface area contributed by atoms with Gasteiger partial charge >= 0.3 is 0 Å². The van der Waals surface area contributed by atoms with Crippen LogP contribution in [0.5, 0.6) is 5.75 Å². The van der Waals surface area contributed by atoms with Crippen molar-refractivity contribution in [2.24, 2.45) is 0 Å². The standard InChI is InChI=1S/C23H28N2O2/c1-3-16(2)23-24-21-9-4-5-10-22(21)25(23)14-19(26)15-27-20-12-11-17-7-6-8-18(17)13-20/h4-5,9-13,16,19,26H,3,6-8,14-15H2,1-2H3. The highest BCUT2D eigenvalue weighted by atomic mass is 16.5. The molecule has 3 aromatic rings. The molecule has 2 atom stereocenters. The maximum Gasteiger partial charge on any atom is 0.119 e. The number of nitrogens with zero attached hydrogens (tertiary/aromatic N) is 2. The zero-order valence-electron chi connectivity index (χ0n) is 16.2. The predicted molar refractivity (Wildman–Crippen MR) is 108 cm³/mol. The topological polar surface area (TPSA) is 47.3 Å². The molecule has 4 nitrogen and oxygen atoms in total. The molecule has 27 heavy (non-hydrogen) atoms. The summed E-state index contributed by atoms with van der Waals surface area (Å²) < 4.78 is 8.05. The second-order valence-corrected chi connectivity index (χ2v) is 7.63. The van der Waals surface area contributed by atoms with E-state index < -0.39 is 6.10 Å². The molecule has 0 amide bonds. The first kappa shape index (κ1) is 18.1. The normalized spacial score (nSPS) is 15.7. The number of para-hydroxylation sites is 2. The van der Waals surface area contributed by atoms with E-state index in [0.29, 0.717) is 12.5 Å². The first-order valence-corrected chi connectivity index (χ1v) is 10.0.